The Bertz CT molecular complexity index is 1030. The van der Waals surface area contributed by atoms with Crippen LogP contribution >= 0.6 is 11.8 Å². The lowest BCUT2D eigenvalue weighted by atomic mass is 10.1. The van der Waals surface area contributed by atoms with Crippen molar-refractivity contribution in [1.82, 2.24) is 5.32 Å². The van der Waals surface area contributed by atoms with E-state index >= 15 is 0 Å². The van der Waals surface area contributed by atoms with Crippen molar-refractivity contribution in [2.45, 2.75) is 0 Å². The standard InChI is InChI=1S/C18H13N3O6S/c1-25-12-4-2-11(3-5-12)19-18-20-17(22)16(28-18)7-10-6-14-15(27-9-26-14)8-13(10)21(23)24/h2-8H,9H2,1H3,(H,19,20,22)/b16-7-. The maximum Gasteiger partial charge on any atom is 0.280 e. The lowest BCUT2D eigenvalue weighted by Gasteiger charge is -2.01. The van der Waals surface area contributed by atoms with Crippen LogP contribution in [0.2, 0.25) is 0 Å². The van der Waals surface area contributed by atoms with E-state index < -0.39 is 4.92 Å². The molecule has 1 amide bonds. The van der Waals surface area contributed by atoms with E-state index in [-0.39, 0.29) is 28.9 Å². The van der Waals surface area contributed by atoms with Crippen molar-refractivity contribution in [1.29, 1.82) is 0 Å². The van der Waals surface area contributed by atoms with E-state index in [0.717, 1.165) is 11.8 Å². The highest BCUT2D eigenvalue weighted by Crippen LogP contribution is 2.40. The molecule has 0 unspecified atom stereocenters. The summed E-state index contributed by atoms with van der Waals surface area (Å²) in [7, 11) is 1.57. The molecule has 0 aromatic heterocycles. The number of rotatable bonds is 4. The van der Waals surface area contributed by atoms with Gasteiger partial charge in [-0.2, -0.15) is 0 Å². The van der Waals surface area contributed by atoms with Gasteiger partial charge in [0.25, 0.3) is 11.6 Å². The van der Waals surface area contributed by atoms with Crippen LogP contribution in [0.15, 0.2) is 46.3 Å². The Labute approximate surface area is 163 Å². The van der Waals surface area contributed by atoms with Gasteiger partial charge in [0.2, 0.25) is 6.79 Å². The van der Waals surface area contributed by atoms with E-state index in [2.05, 4.69) is 10.3 Å². The van der Waals surface area contributed by atoms with Crippen molar-refractivity contribution in [3.05, 3.63) is 57.0 Å². The molecule has 0 aliphatic carbocycles. The van der Waals surface area contributed by atoms with Gasteiger partial charge in [-0.25, -0.2) is 4.99 Å². The Morgan fingerprint density at radius 2 is 1.96 bits per heavy atom. The summed E-state index contributed by atoms with van der Waals surface area (Å²) in [5, 5.41) is 14.4. The molecular weight excluding hydrogens is 386 g/mol. The number of fused-ring (bicyclic) bond motifs is 1. The number of hydrogen-bond donors (Lipinski definition) is 1. The fraction of sp³-hybridized carbons (Fsp3) is 0.111. The van der Waals surface area contributed by atoms with Crippen LogP contribution in [0, 0.1) is 10.1 Å². The van der Waals surface area contributed by atoms with Crippen molar-refractivity contribution in [2.75, 3.05) is 13.9 Å². The maximum absolute atomic E-state index is 12.3. The first-order chi connectivity index (χ1) is 13.5. The molecule has 4 rings (SSSR count). The molecule has 0 radical (unpaired) electrons. The Hall–Kier alpha value is -3.53. The van der Waals surface area contributed by atoms with Crippen LogP contribution in [0.4, 0.5) is 11.4 Å². The molecule has 142 valence electrons. The second kappa shape index (κ2) is 7.24. The zero-order valence-electron chi connectivity index (χ0n) is 14.5. The summed E-state index contributed by atoms with van der Waals surface area (Å²) in [6, 6.07) is 9.80. The number of nitrogens with zero attached hydrogens (tertiary/aromatic N) is 2. The summed E-state index contributed by atoms with van der Waals surface area (Å²) < 4.78 is 15.5. The van der Waals surface area contributed by atoms with Gasteiger partial charge in [0.1, 0.15) is 5.75 Å². The molecular formula is C18H13N3O6S. The third-order valence-electron chi connectivity index (χ3n) is 3.96. The van der Waals surface area contributed by atoms with Crippen LogP contribution in [0.5, 0.6) is 17.2 Å². The lowest BCUT2D eigenvalue weighted by molar-refractivity contribution is -0.385. The number of amidine groups is 1. The average molecular weight is 399 g/mol. The fourth-order valence-corrected chi connectivity index (χ4v) is 3.45. The summed E-state index contributed by atoms with van der Waals surface area (Å²) in [5.74, 6) is 1.01. The monoisotopic (exact) mass is 399 g/mol. The van der Waals surface area contributed by atoms with Crippen LogP contribution in [0.1, 0.15) is 5.56 Å². The molecule has 2 aliphatic heterocycles. The topological polar surface area (TPSA) is 112 Å². The van der Waals surface area contributed by atoms with Gasteiger partial charge in [-0.15, -0.1) is 0 Å². The van der Waals surface area contributed by atoms with Gasteiger partial charge in [0.15, 0.2) is 16.7 Å². The van der Waals surface area contributed by atoms with Gasteiger partial charge in [-0.1, -0.05) is 0 Å². The first-order valence-corrected chi connectivity index (χ1v) is 8.87. The highest BCUT2D eigenvalue weighted by atomic mass is 32.2. The number of carbonyl (C=O) groups excluding carboxylic acids is 1. The van der Waals surface area contributed by atoms with Crippen molar-refractivity contribution in [3.8, 4) is 17.2 Å². The van der Waals surface area contributed by atoms with Crippen LogP contribution in [-0.4, -0.2) is 29.9 Å². The molecule has 0 saturated carbocycles. The summed E-state index contributed by atoms with van der Waals surface area (Å²) >= 11 is 1.10. The molecule has 28 heavy (non-hydrogen) atoms. The van der Waals surface area contributed by atoms with E-state index in [1.54, 1.807) is 31.4 Å². The third-order valence-corrected chi connectivity index (χ3v) is 4.87. The van der Waals surface area contributed by atoms with E-state index in [4.69, 9.17) is 14.2 Å². The first kappa shape index (κ1) is 17.9. The molecule has 1 fully saturated rings. The highest BCUT2D eigenvalue weighted by Gasteiger charge is 2.27. The van der Waals surface area contributed by atoms with Gasteiger partial charge in [0, 0.05) is 0 Å². The van der Waals surface area contributed by atoms with Gasteiger partial charge < -0.3 is 19.5 Å². The first-order valence-electron chi connectivity index (χ1n) is 8.05. The molecule has 9 nitrogen and oxygen atoms in total. The number of nitro groups is 1. The van der Waals surface area contributed by atoms with E-state index in [9.17, 15) is 14.9 Å². The molecule has 2 aromatic rings. The predicted molar refractivity (Wildman–Crippen MR) is 103 cm³/mol. The molecule has 2 heterocycles. The van der Waals surface area contributed by atoms with Crippen LogP contribution in [-0.2, 0) is 4.79 Å². The van der Waals surface area contributed by atoms with Gasteiger partial charge in [-0.3, -0.25) is 14.9 Å². The number of hydrogen-bond acceptors (Lipinski definition) is 8. The zero-order valence-corrected chi connectivity index (χ0v) is 15.3. The second-order valence-corrected chi connectivity index (χ2v) is 6.73. The maximum atomic E-state index is 12.3. The summed E-state index contributed by atoms with van der Waals surface area (Å²) in [6.07, 6.45) is 1.44. The van der Waals surface area contributed by atoms with Crippen molar-refractivity contribution in [2.24, 2.45) is 4.99 Å². The molecule has 0 bridgehead atoms. The number of aliphatic imine (C=N–C) groups is 1. The number of carbonyl (C=O) groups is 1. The average Bonchev–Trinajstić information content (AvgIpc) is 3.27. The van der Waals surface area contributed by atoms with Crippen LogP contribution < -0.4 is 19.5 Å². The Morgan fingerprint density at radius 1 is 1.25 bits per heavy atom. The van der Waals surface area contributed by atoms with Gasteiger partial charge >= 0.3 is 0 Å². The summed E-state index contributed by atoms with van der Waals surface area (Å²) in [6.45, 7) is 0.000412. The predicted octanol–water partition coefficient (Wildman–Crippen LogP) is 3.22. The largest absolute Gasteiger partial charge is 0.497 e. The second-order valence-electron chi connectivity index (χ2n) is 5.70. The van der Waals surface area contributed by atoms with Crippen molar-refractivity contribution >= 4 is 40.3 Å². The number of benzene rings is 2. The Kier molecular flexibility index (Phi) is 4.62. The summed E-state index contributed by atoms with van der Waals surface area (Å²) in [4.78, 5) is 27.8. The third kappa shape index (κ3) is 3.49. The molecule has 2 aliphatic rings. The van der Waals surface area contributed by atoms with Gasteiger partial charge in [0.05, 0.1) is 34.3 Å². The molecule has 10 heteroatoms. The quantitative estimate of drug-likeness (QED) is 0.477. The Morgan fingerprint density at radius 3 is 2.64 bits per heavy atom. The number of thioether (sulfide) groups is 1. The van der Waals surface area contributed by atoms with Crippen LogP contribution in [0.3, 0.4) is 0 Å². The molecule has 1 N–H and O–H groups in total. The highest BCUT2D eigenvalue weighted by molar-refractivity contribution is 8.18. The fourth-order valence-electron chi connectivity index (χ4n) is 2.62. The normalized spacial score (nSPS) is 17.8. The summed E-state index contributed by atoms with van der Waals surface area (Å²) in [5.41, 5.74) is 0.710. The molecule has 2 aromatic carbocycles. The van der Waals surface area contributed by atoms with E-state index in [1.165, 1.54) is 18.2 Å². The zero-order chi connectivity index (χ0) is 19.7. The number of amides is 1. The number of nitrogens with one attached hydrogen (secondary N) is 1. The molecule has 0 spiro atoms. The lowest BCUT2D eigenvalue weighted by Crippen LogP contribution is -2.19. The smallest absolute Gasteiger partial charge is 0.280 e. The van der Waals surface area contributed by atoms with Crippen LogP contribution in [0.25, 0.3) is 6.08 Å². The number of ether oxygens (including phenoxy) is 3. The minimum atomic E-state index is -0.530. The Balaban J connectivity index is 1.63. The molecule has 0 atom stereocenters. The SMILES string of the molecule is COc1ccc(N=C2NC(=O)/C(=C/c3cc4c(cc3[N+](=O)[O-])OCO4)S2)cc1. The number of methoxy groups -OCH3 is 1. The molecule has 1 saturated heterocycles. The minimum absolute atomic E-state index is 0.000412. The minimum Gasteiger partial charge on any atom is -0.497 e. The number of nitro benzene ring substituents is 1. The van der Waals surface area contributed by atoms with E-state index in [0.29, 0.717) is 28.1 Å². The van der Waals surface area contributed by atoms with Crippen molar-refractivity contribution in [3.63, 3.8) is 0 Å². The van der Waals surface area contributed by atoms with E-state index in [1.807, 2.05) is 0 Å². The van der Waals surface area contributed by atoms with Crippen molar-refractivity contribution < 1.29 is 23.9 Å². The van der Waals surface area contributed by atoms with Gasteiger partial charge in [-0.05, 0) is 48.2 Å².